The number of nitrogens with one attached hydrogen (secondary N) is 1. The van der Waals surface area contributed by atoms with E-state index in [1.54, 1.807) is 18.2 Å². The smallest absolute Gasteiger partial charge is 0.465 e. The first-order valence-electron chi connectivity index (χ1n) is 8.43. The van der Waals surface area contributed by atoms with Gasteiger partial charge in [0.25, 0.3) is 0 Å². The van der Waals surface area contributed by atoms with E-state index in [0.717, 1.165) is 20.9 Å². The molecule has 2 aromatic rings. The molecular formula is C20H20F3NO3S. The Morgan fingerprint density at radius 1 is 1.14 bits per heavy atom. The van der Waals surface area contributed by atoms with Gasteiger partial charge in [-0.2, -0.15) is 13.2 Å². The van der Waals surface area contributed by atoms with Crippen molar-refractivity contribution >= 4 is 23.6 Å². The number of alkyl halides is 3. The molecule has 0 unspecified atom stereocenters. The van der Waals surface area contributed by atoms with Gasteiger partial charge in [0.2, 0.25) is 0 Å². The Hall–Kier alpha value is -2.48. The van der Waals surface area contributed by atoms with E-state index in [4.69, 9.17) is 4.74 Å². The molecule has 4 nitrogen and oxygen atoms in total. The van der Waals surface area contributed by atoms with Crippen LogP contribution in [0.25, 0.3) is 0 Å². The van der Waals surface area contributed by atoms with Crippen molar-refractivity contribution in [2.24, 2.45) is 0 Å². The molecule has 0 heterocycles. The SMILES string of the molecule is COC(=O)c1cc(C)ccc1Sc1ccc(C[C@@H](C)NC(=O)C(F)(F)F)cc1. The predicted octanol–water partition coefficient (Wildman–Crippen LogP) is 4.54. The molecule has 0 bridgehead atoms. The summed E-state index contributed by atoms with van der Waals surface area (Å²) < 4.78 is 41.7. The van der Waals surface area contributed by atoms with E-state index in [1.807, 2.05) is 36.5 Å². The Balaban J connectivity index is 2.06. The van der Waals surface area contributed by atoms with Crippen molar-refractivity contribution in [2.75, 3.05) is 7.11 Å². The highest BCUT2D eigenvalue weighted by Gasteiger charge is 2.39. The molecule has 0 aliphatic carbocycles. The summed E-state index contributed by atoms with van der Waals surface area (Å²) >= 11 is 1.39. The standard InChI is InChI=1S/C20H20F3NO3S/c1-12-4-9-17(16(10-12)18(25)27-3)28-15-7-5-14(6-8-15)11-13(2)24-19(26)20(21,22)23/h4-10,13H,11H2,1-3H3,(H,24,26)/t13-/m1/s1. The van der Waals surface area contributed by atoms with Gasteiger partial charge in [-0.1, -0.05) is 35.5 Å². The average molecular weight is 411 g/mol. The Morgan fingerprint density at radius 3 is 2.36 bits per heavy atom. The van der Waals surface area contributed by atoms with Crippen LogP contribution in [-0.4, -0.2) is 31.2 Å². The fraction of sp³-hybridized carbons (Fsp3) is 0.300. The van der Waals surface area contributed by atoms with Crippen molar-refractivity contribution in [1.82, 2.24) is 5.32 Å². The molecule has 8 heteroatoms. The molecule has 0 aliphatic rings. The van der Waals surface area contributed by atoms with Crippen molar-refractivity contribution in [3.63, 3.8) is 0 Å². The van der Waals surface area contributed by atoms with Gasteiger partial charge < -0.3 is 10.1 Å². The number of halogens is 3. The minimum atomic E-state index is -4.89. The van der Waals surface area contributed by atoms with Crippen molar-refractivity contribution in [2.45, 2.75) is 42.3 Å². The van der Waals surface area contributed by atoms with E-state index < -0.39 is 24.1 Å². The lowest BCUT2D eigenvalue weighted by atomic mass is 10.1. The van der Waals surface area contributed by atoms with Gasteiger partial charge in [-0.15, -0.1) is 0 Å². The number of hydrogen-bond acceptors (Lipinski definition) is 4. The molecule has 150 valence electrons. The number of amides is 1. The third kappa shape index (κ3) is 6.02. The monoisotopic (exact) mass is 411 g/mol. The molecule has 28 heavy (non-hydrogen) atoms. The normalized spacial score (nSPS) is 12.4. The average Bonchev–Trinajstić information content (AvgIpc) is 2.63. The van der Waals surface area contributed by atoms with Crippen molar-refractivity contribution < 1.29 is 27.5 Å². The Labute approximate surface area is 165 Å². The third-order valence-corrected chi connectivity index (χ3v) is 4.95. The van der Waals surface area contributed by atoms with E-state index in [1.165, 1.54) is 25.8 Å². The van der Waals surface area contributed by atoms with Crippen molar-refractivity contribution in [3.8, 4) is 0 Å². The number of esters is 1. The molecule has 0 radical (unpaired) electrons. The van der Waals surface area contributed by atoms with E-state index in [2.05, 4.69) is 0 Å². The van der Waals surface area contributed by atoms with Crippen LogP contribution in [0.3, 0.4) is 0 Å². The van der Waals surface area contributed by atoms with E-state index >= 15 is 0 Å². The van der Waals surface area contributed by atoms with Crippen molar-refractivity contribution in [3.05, 3.63) is 59.2 Å². The summed E-state index contributed by atoms with van der Waals surface area (Å²) in [6.45, 7) is 3.40. The predicted molar refractivity (Wildman–Crippen MR) is 100 cm³/mol. The molecule has 0 aliphatic heterocycles. The Kier molecular flexibility index (Phi) is 7.12. The maximum Gasteiger partial charge on any atom is 0.471 e. The zero-order valence-corrected chi connectivity index (χ0v) is 16.4. The molecule has 0 fully saturated rings. The fourth-order valence-corrected chi connectivity index (χ4v) is 3.45. The van der Waals surface area contributed by atoms with Crippen LogP contribution >= 0.6 is 11.8 Å². The van der Waals surface area contributed by atoms with Gasteiger partial charge >= 0.3 is 18.1 Å². The van der Waals surface area contributed by atoms with Crippen LogP contribution in [0.15, 0.2) is 52.3 Å². The first kappa shape index (κ1) is 21.8. The first-order chi connectivity index (χ1) is 13.1. The van der Waals surface area contributed by atoms with Gasteiger partial charge in [0.05, 0.1) is 12.7 Å². The minimum absolute atomic E-state index is 0.269. The number of benzene rings is 2. The number of carbonyl (C=O) groups is 2. The summed E-state index contributed by atoms with van der Waals surface area (Å²) in [5, 5.41) is 1.93. The van der Waals surface area contributed by atoms with Crippen LogP contribution in [0.2, 0.25) is 0 Å². The summed E-state index contributed by atoms with van der Waals surface area (Å²) in [6, 6.07) is 12.0. The number of rotatable bonds is 6. The van der Waals surface area contributed by atoms with Crippen LogP contribution in [0, 0.1) is 6.92 Å². The van der Waals surface area contributed by atoms with Gasteiger partial charge in [0.15, 0.2) is 0 Å². The topological polar surface area (TPSA) is 55.4 Å². The molecule has 0 aromatic heterocycles. The second-order valence-corrected chi connectivity index (χ2v) is 7.43. The summed E-state index contributed by atoms with van der Waals surface area (Å²) in [4.78, 5) is 24.6. The summed E-state index contributed by atoms with van der Waals surface area (Å²) in [5.41, 5.74) is 2.20. The number of ether oxygens (including phenoxy) is 1. The zero-order valence-electron chi connectivity index (χ0n) is 15.6. The number of carbonyl (C=O) groups excluding carboxylic acids is 2. The highest BCUT2D eigenvalue weighted by atomic mass is 32.2. The van der Waals surface area contributed by atoms with E-state index in [9.17, 15) is 22.8 Å². The lowest BCUT2D eigenvalue weighted by Crippen LogP contribution is -2.42. The van der Waals surface area contributed by atoms with Crippen LogP contribution in [0.1, 0.15) is 28.4 Å². The van der Waals surface area contributed by atoms with Gasteiger partial charge in [0.1, 0.15) is 0 Å². The molecular weight excluding hydrogens is 391 g/mol. The minimum Gasteiger partial charge on any atom is -0.465 e. The quantitative estimate of drug-likeness (QED) is 0.709. The summed E-state index contributed by atoms with van der Waals surface area (Å²) in [7, 11) is 1.33. The summed E-state index contributed by atoms with van der Waals surface area (Å²) in [5.74, 6) is -2.36. The van der Waals surface area contributed by atoms with Crippen LogP contribution < -0.4 is 5.32 Å². The molecule has 1 atom stereocenters. The Bertz CT molecular complexity index is 851. The molecule has 0 saturated heterocycles. The van der Waals surface area contributed by atoms with Crippen molar-refractivity contribution in [1.29, 1.82) is 0 Å². The maximum atomic E-state index is 12.3. The molecule has 1 N–H and O–H groups in total. The van der Waals surface area contributed by atoms with Gasteiger partial charge in [-0.05, 0) is 50.1 Å². The number of hydrogen-bond donors (Lipinski definition) is 1. The summed E-state index contributed by atoms with van der Waals surface area (Å²) in [6.07, 6.45) is -4.62. The van der Waals surface area contributed by atoms with Crippen LogP contribution in [0.5, 0.6) is 0 Å². The zero-order chi connectivity index (χ0) is 20.9. The lowest BCUT2D eigenvalue weighted by Gasteiger charge is -2.15. The molecule has 2 rings (SSSR count). The molecule has 1 amide bonds. The largest absolute Gasteiger partial charge is 0.471 e. The van der Waals surface area contributed by atoms with E-state index in [0.29, 0.717) is 5.56 Å². The Morgan fingerprint density at radius 2 is 1.79 bits per heavy atom. The van der Waals surface area contributed by atoms with Gasteiger partial charge in [-0.25, -0.2) is 4.79 Å². The van der Waals surface area contributed by atoms with Gasteiger partial charge in [0, 0.05) is 15.8 Å². The second kappa shape index (κ2) is 9.14. The number of aryl methyl sites for hydroxylation is 1. The molecule has 2 aromatic carbocycles. The number of methoxy groups -OCH3 is 1. The highest BCUT2D eigenvalue weighted by Crippen LogP contribution is 2.31. The molecule has 0 spiro atoms. The van der Waals surface area contributed by atoms with Crippen LogP contribution in [0.4, 0.5) is 13.2 Å². The lowest BCUT2D eigenvalue weighted by molar-refractivity contribution is -0.174. The first-order valence-corrected chi connectivity index (χ1v) is 9.25. The fourth-order valence-electron chi connectivity index (χ4n) is 2.53. The second-order valence-electron chi connectivity index (χ2n) is 6.31. The maximum absolute atomic E-state index is 12.3. The molecule has 0 saturated carbocycles. The van der Waals surface area contributed by atoms with E-state index in [-0.39, 0.29) is 6.42 Å². The third-order valence-electron chi connectivity index (χ3n) is 3.87. The van der Waals surface area contributed by atoms with Gasteiger partial charge in [-0.3, -0.25) is 4.79 Å². The van der Waals surface area contributed by atoms with Crippen LogP contribution in [-0.2, 0) is 16.0 Å². The highest BCUT2D eigenvalue weighted by molar-refractivity contribution is 7.99.